The lowest BCUT2D eigenvalue weighted by atomic mass is 10.1. The molecule has 0 atom stereocenters. The maximum absolute atomic E-state index is 10.6. The lowest BCUT2D eigenvalue weighted by Crippen LogP contribution is -1.97. The average Bonchev–Trinajstić information content (AvgIpc) is 3.17. The van der Waals surface area contributed by atoms with Crippen molar-refractivity contribution in [3.63, 3.8) is 0 Å². The number of aromatic nitrogens is 3. The van der Waals surface area contributed by atoms with Gasteiger partial charge in [-0.15, -0.1) is 0 Å². The molecule has 7 heteroatoms. The number of imidazole rings is 1. The van der Waals surface area contributed by atoms with Crippen LogP contribution in [0.25, 0.3) is 17.3 Å². The third-order valence-corrected chi connectivity index (χ3v) is 4.01. The monoisotopic (exact) mass is 352 g/mol. The Labute approximate surface area is 148 Å². The first kappa shape index (κ1) is 15.4. The Hall–Kier alpha value is -3.12. The molecule has 25 heavy (non-hydrogen) atoms. The van der Waals surface area contributed by atoms with Crippen LogP contribution in [0.3, 0.4) is 0 Å². The second-order valence-electron chi connectivity index (χ2n) is 5.36. The zero-order valence-electron chi connectivity index (χ0n) is 13.2. The zero-order chi connectivity index (χ0) is 17.4. The minimum atomic E-state index is -0.0209. The third-order valence-electron chi connectivity index (χ3n) is 3.81. The van der Waals surface area contributed by atoms with Crippen molar-refractivity contribution in [1.82, 2.24) is 14.5 Å². The number of nitrogens with zero attached hydrogens (tertiary/aromatic N) is 4. The molecule has 1 aromatic carbocycles. The number of halogens is 1. The molecule has 1 aliphatic heterocycles. The predicted molar refractivity (Wildman–Crippen MR) is 97.1 cm³/mol. The summed E-state index contributed by atoms with van der Waals surface area (Å²) in [7, 11) is 1.51. The number of para-hydroxylation sites is 1. The van der Waals surface area contributed by atoms with Crippen LogP contribution in [-0.4, -0.2) is 33.0 Å². The van der Waals surface area contributed by atoms with Crippen LogP contribution in [0.5, 0.6) is 11.9 Å². The second kappa shape index (κ2) is 6.07. The molecule has 3 heterocycles. The van der Waals surface area contributed by atoms with Gasteiger partial charge < -0.3 is 9.84 Å². The SMILES string of the molecule is COc1nc(C=C2C=Nc3ncc(Cl)cc32)c(O)n1-c1ccccc1. The van der Waals surface area contributed by atoms with Crippen LogP contribution in [0, 0.1) is 0 Å². The van der Waals surface area contributed by atoms with E-state index in [2.05, 4.69) is 15.0 Å². The van der Waals surface area contributed by atoms with Crippen molar-refractivity contribution in [2.75, 3.05) is 7.11 Å². The molecule has 0 spiro atoms. The average molecular weight is 353 g/mol. The standard InChI is InChI=1S/C18H13ClN4O2/c1-25-18-22-15(17(24)23(18)13-5-3-2-4-6-13)7-11-9-20-16-14(11)8-12(19)10-21-16/h2-10,24H,1H3. The van der Waals surface area contributed by atoms with Crippen molar-refractivity contribution in [3.05, 3.63) is 58.9 Å². The number of methoxy groups -OCH3 is 1. The summed E-state index contributed by atoms with van der Waals surface area (Å²) in [6, 6.07) is 11.4. The normalized spacial score (nSPS) is 14.1. The summed E-state index contributed by atoms with van der Waals surface area (Å²) in [5.74, 6) is 0.567. The number of allylic oxidation sites excluding steroid dienone is 1. The number of aromatic hydroxyl groups is 1. The topological polar surface area (TPSA) is 72.5 Å². The van der Waals surface area contributed by atoms with Crippen molar-refractivity contribution in [3.8, 4) is 17.6 Å². The largest absolute Gasteiger partial charge is 0.493 e. The van der Waals surface area contributed by atoms with Crippen LogP contribution < -0.4 is 4.74 Å². The van der Waals surface area contributed by atoms with Gasteiger partial charge in [0.25, 0.3) is 0 Å². The zero-order valence-corrected chi connectivity index (χ0v) is 14.0. The van der Waals surface area contributed by atoms with Gasteiger partial charge in [-0.05, 0) is 24.3 Å². The second-order valence-corrected chi connectivity index (χ2v) is 5.80. The first-order valence-corrected chi connectivity index (χ1v) is 7.88. The molecule has 0 aliphatic carbocycles. The van der Waals surface area contributed by atoms with Gasteiger partial charge in [0, 0.05) is 23.5 Å². The maximum atomic E-state index is 10.6. The molecule has 4 rings (SSSR count). The lowest BCUT2D eigenvalue weighted by molar-refractivity contribution is 0.361. The van der Waals surface area contributed by atoms with Crippen molar-refractivity contribution in [1.29, 1.82) is 0 Å². The molecule has 0 fully saturated rings. The molecule has 2 aromatic heterocycles. The Morgan fingerprint density at radius 2 is 2.04 bits per heavy atom. The summed E-state index contributed by atoms with van der Waals surface area (Å²) >= 11 is 6.02. The van der Waals surface area contributed by atoms with Crippen LogP contribution in [0.15, 0.2) is 47.6 Å². The minimum Gasteiger partial charge on any atom is -0.493 e. The van der Waals surface area contributed by atoms with Gasteiger partial charge in [0.05, 0.1) is 17.8 Å². The summed E-state index contributed by atoms with van der Waals surface area (Å²) in [4.78, 5) is 12.8. The predicted octanol–water partition coefficient (Wildman–Crippen LogP) is 3.89. The smallest absolute Gasteiger partial charge is 0.304 e. The third kappa shape index (κ3) is 2.66. The number of aliphatic imine (C=N–C) groups is 1. The van der Waals surface area contributed by atoms with Gasteiger partial charge in [0.1, 0.15) is 5.69 Å². The van der Waals surface area contributed by atoms with E-state index in [9.17, 15) is 5.11 Å². The molecule has 1 aliphatic rings. The van der Waals surface area contributed by atoms with E-state index in [-0.39, 0.29) is 11.9 Å². The fourth-order valence-corrected chi connectivity index (χ4v) is 2.82. The molecule has 0 unspecified atom stereocenters. The molecule has 0 radical (unpaired) electrons. The number of pyridine rings is 1. The molecule has 0 bridgehead atoms. The highest BCUT2D eigenvalue weighted by atomic mass is 35.5. The van der Waals surface area contributed by atoms with E-state index in [0.717, 1.165) is 16.8 Å². The molecule has 0 saturated heterocycles. The van der Waals surface area contributed by atoms with Gasteiger partial charge >= 0.3 is 6.01 Å². The van der Waals surface area contributed by atoms with Gasteiger partial charge in [-0.2, -0.15) is 4.98 Å². The Kier molecular flexibility index (Phi) is 3.74. The Morgan fingerprint density at radius 3 is 2.80 bits per heavy atom. The van der Waals surface area contributed by atoms with Gasteiger partial charge in [0.15, 0.2) is 5.82 Å². The van der Waals surface area contributed by atoms with Crippen LogP contribution in [0.1, 0.15) is 11.3 Å². The van der Waals surface area contributed by atoms with Gasteiger partial charge in [0.2, 0.25) is 5.88 Å². The van der Waals surface area contributed by atoms with E-state index in [0.29, 0.717) is 16.5 Å². The summed E-state index contributed by atoms with van der Waals surface area (Å²) in [5.41, 5.74) is 2.68. The fraction of sp³-hybridized carbons (Fsp3) is 0.0556. The molecule has 0 amide bonds. The summed E-state index contributed by atoms with van der Waals surface area (Å²) in [6.45, 7) is 0. The van der Waals surface area contributed by atoms with Crippen molar-refractivity contribution in [2.24, 2.45) is 4.99 Å². The minimum absolute atomic E-state index is 0.0209. The highest BCUT2D eigenvalue weighted by Gasteiger charge is 2.20. The van der Waals surface area contributed by atoms with Gasteiger partial charge in [-0.3, -0.25) is 0 Å². The molecule has 6 nitrogen and oxygen atoms in total. The van der Waals surface area contributed by atoms with Gasteiger partial charge in [-0.1, -0.05) is 29.8 Å². The van der Waals surface area contributed by atoms with E-state index in [4.69, 9.17) is 16.3 Å². The van der Waals surface area contributed by atoms with Crippen molar-refractivity contribution < 1.29 is 9.84 Å². The number of ether oxygens (including phenoxy) is 1. The van der Waals surface area contributed by atoms with Crippen LogP contribution in [0.2, 0.25) is 5.02 Å². The van der Waals surface area contributed by atoms with Crippen LogP contribution >= 0.6 is 11.6 Å². The summed E-state index contributed by atoms with van der Waals surface area (Å²) < 4.78 is 6.85. The number of hydrogen-bond acceptors (Lipinski definition) is 5. The molecule has 3 aromatic rings. The van der Waals surface area contributed by atoms with Crippen molar-refractivity contribution in [2.45, 2.75) is 0 Å². The fourth-order valence-electron chi connectivity index (χ4n) is 2.66. The van der Waals surface area contributed by atoms with Crippen LogP contribution in [-0.2, 0) is 0 Å². The summed E-state index contributed by atoms with van der Waals surface area (Å²) in [5, 5.41) is 11.2. The van der Waals surface area contributed by atoms with Crippen LogP contribution in [0.4, 0.5) is 5.82 Å². The van der Waals surface area contributed by atoms with E-state index >= 15 is 0 Å². The molecular weight excluding hydrogens is 340 g/mol. The van der Waals surface area contributed by atoms with E-state index in [1.807, 2.05) is 30.3 Å². The number of hydrogen-bond donors (Lipinski definition) is 1. The molecular formula is C18H13ClN4O2. The Balaban J connectivity index is 1.83. The molecule has 1 N–H and O–H groups in total. The Morgan fingerprint density at radius 1 is 1.24 bits per heavy atom. The highest BCUT2D eigenvalue weighted by molar-refractivity contribution is 6.31. The van der Waals surface area contributed by atoms with E-state index in [1.165, 1.54) is 11.7 Å². The summed E-state index contributed by atoms with van der Waals surface area (Å²) in [6.07, 6.45) is 4.94. The quantitative estimate of drug-likeness (QED) is 0.776. The molecule has 124 valence electrons. The van der Waals surface area contributed by atoms with Gasteiger partial charge in [-0.25, -0.2) is 14.5 Å². The number of rotatable bonds is 3. The van der Waals surface area contributed by atoms with E-state index < -0.39 is 0 Å². The number of fused-ring (bicyclic) bond motifs is 1. The lowest BCUT2D eigenvalue weighted by Gasteiger charge is -2.06. The highest BCUT2D eigenvalue weighted by Crippen LogP contribution is 2.35. The van der Waals surface area contributed by atoms with Crippen molar-refractivity contribution >= 4 is 35.3 Å². The number of benzene rings is 1. The first-order chi connectivity index (χ1) is 12.2. The molecule has 0 saturated carbocycles. The van der Waals surface area contributed by atoms with E-state index in [1.54, 1.807) is 24.6 Å². The maximum Gasteiger partial charge on any atom is 0.304 e. The first-order valence-electron chi connectivity index (χ1n) is 7.50. The Bertz CT molecular complexity index is 1010.